The SMILES string of the molecule is CSc1nc(I)cc(C(C)O)n1. The van der Waals surface area contributed by atoms with Crippen LogP contribution in [0.3, 0.4) is 0 Å². The number of thioether (sulfide) groups is 1. The van der Waals surface area contributed by atoms with Gasteiger partial charge in [-0.25, -0.2) is 9.97 Å². The topological polar surface area (TPSA) is 46.0 Å². The molecule has 1 aromatic heterocycles. The van der Waals surface area contributed by atoms with Crippen LogP contribution in [0.15, 0.2) is 11.2 Å². The summed E-state index contributed by atoms with van der Waals surface area (Å²) in [5, 5.41) is 9.97. The van der Waals surface area contributed by atoms with Crippen molar-refractivity contribution in [3.05, 3.63) is 15.5 Å². The van der Waals surface area contributed by atoms with E-state index in [0.29, 0.717) is 10.9 Å². The van der Waals surface area contributed by atoms with E-state index in [0.717, 1.165) is 3.70 Å². The number of nitrogens with zero attached hydrogens (tertiary/aromatic N) is 2. The van der Waals surface area contributed by atoms with E-state index in [-0.39, 0.29) is 0 Å². The summed E-state index contributed by atoms with van der Waals surface area (Å²) in [6, 6.07) is 1.78. The van der Waals surface area contributed by atoms with Gasteiger partial charge in [0.1, 0.15) is 3.70 Å². The first kappa shape index (κ1) is 10.2. The zero-order chi connectivity index (χ0) is 9.14. The fraction of sp³-hybridized carbons (Fsp3) is 0.429. The molecule has 1 heterocycles. The summed E-state index contributed by atoms with van der Waals surface area (Å²) in [4.78, 5) is 8.31. The number of aliphatic hydroxyl groups excluding tert-OH is 1. The first-order valence-electron chi connectivity index (χ1n) is 3.40. The molecule has 0 fully saturated rings. The van der Waals surface area contributed by atoms with Crippen LogP contribution < -0.4 is 0 Å². The summed E-state index contributed by atoms with van der Waals surface area (Å²) in [6.45, 7) is 1.70. The van der Waals surface area contributed by atoms with Crippen LogP contribution in [0, 0.1) is 3.70 Å². The zero-order valence-corrected chi connectivity index (χ0v) is 9.76. The molecule has 0 amide bonds. The second kappa shape index (κ2) is 4.38. The number of rotatable bonds is 2. The Kier molecular flexibility index (Phi) is 3.73. The second-order valence-corrected chi connectivity index (χ2v) is 4.16. The number of hydrogen-bond donors (Lipinski definition) is 1. The molecule has 0 saturated carbocycles. The molecule has 0 saturated heterocycles. The molecule has 66 valence electrons. The first-order valence-corrected chi connectivity index (χ1v) is 5.70. The molecule has 3 nitrogen and oxygen atoms in total. The van der Waals surface area contributed by atoms with Crippen LogP contribution in [0.25, 0.3) is 0 Å². The average molecular weight is 296 g/mol. The van der Waals surface area contributed by atoms with Gasteiger partial charge >= 0.3 is 0 Å². The lowest BCUT2D eigenvalue weighted by molar-refractivity contribution is 0.193. The highest BCUT2D eigenvalue weighted by Crippen LogP contribution is 2.16. The molecular formula is C7H9IN2OS. The molecule has 0 radical (unpaired) electrons. The van der Waals surface area contributed by atoms with Crippen LogP contribution in [-0.2, 0) is 0 Å². The van der Waals surface area contributed by atoms with Crippen molar-refractivity contribution in [2.24, 2.45) is 0 Å². The summed E-state index contributed by atoms with van der Waals surface area (Å²) in [5.41, 5.74) is 0.679. The van der Waals surface area contributed by atoms with Crippen LogP contribution in [0.5, 0.6) is 0 Å². The van der Waals surface area contributed by atoms with Crippen molar-refractivity contribution in [1.82, 2.24) is 9.97 Å². The minimum Gasteiger partial charge on any atom is -0.387 e. The molecule has 0 aromatic carbocycles. The number of hydrogen-bond acceptors (Lipinski definition) is 4. The van der Waals surface area contributed by atoms with Gasteiger partial charge in [-0.15, -0.1) is 0 Å². The average Bonchev–Trinajstić information content (AvgIpc) is 2.03. The quantitative estimate of drug-likeness (QED) is 0.391. The normalized spacial score (nSPS) is 13.0. The van der Waals surface area contributed by atoms with Gasteiger partial charge in [0, 0.05) is 0 Å². The van der Waals surface area contributed by atoms with Gasteiger partial charge < -0.3 is 5.11 Å². The van der Waals surface area contributed by atoms with Crippen molar-refractivity contribution >= 4 is 34.4 Å². The fourth-order valence-electron chi connectivity index (χ4n) is 0.719. The lowest BCUT2D eigenvalue weighted by atomic mass is 10.3. The largest absolute Gasteiger partial charge is 0.387 e. The van der Waals surface area contributed by atoms with Gasteiger partial charge in [0.15, 0.2) is 5.16 Å². The molecule has 1 atom stereocenters. The van der Waals surface area contributed by atoms with Crippen molar-refractivity contribution < 1.29 is 5.11 Å². The highest BCUT2D eigenvalue weighted by molar-refractivity contribution is 14.1. The molecule has 1 aromatic rings. The number of halogens is 1. The molecule has 1 rings (SSSR count). The third-order valence-corrected chi connectivity index (χ3v) is 2.41. The third-order valence-electron chi connectivity index (χ3n) is 1.30. The van der Waals surface area contributed by atoms with Gasteiger partial charge in [-0.2, -0.15) is 0 Å². The van der Waals surface area contributed by atoms with Crippen molar-refractivity contribution in [2.45, 2.75) is 18.2 Å². The molecule has 0 spiro atoms. The maximum absolute atomic E-state index is 9.27. The lowest BCUT2D eigenvalue weighted by Gasteiger charge is -2.04. The van der Waals surface area contributed by atoms with Crippen LogP contribution in [-0.4, -0.2) is 21.3 Å². The van der Waals surface area contributed by atoms with E-state index >= 15 is 0 Å². The maximum atomic E-state index is 9.27. The van der Waals surface area contributed by atoms with Gasteiger partial charge in [0.05, 0.1) is 11.8 Å². The van der Waals surface area contributed by atoms with Crippen LogP contribution in [0.2, 0.25) is 0 Å². The number of aromatic nitrogens is 2. The van der Waals surface area contributed by atoms with Crippen LogP contribution in [0.4, 0.5) is 0 Å². The predicted octanol–water partition coefficient (Wildman–Crippen LogP) is 1.86. The molecular weight excluding hydrogens is 287 g/mol. The molecule has 0 aliphatic carbocycles. The minimum atomic E-state index is -0.521. The van der Waals surface area contributed by atoms with Gasteiger partial charge in [0.2, 0.25) is 0 Å². The van der Waals surface area contributed by atoms with E-state index in [1.54, 1.807) is 13.0 Å². The Morgan fingerprint density at radius 3 is 2.75 bits per heavy atom. The molecule has 0 aliphatic rings. The molecule has 12 heavy (non-hydrogen) atoms. The van der Waals surface area contributed by atoms with E-state index in [9.17, 15) is 5.11 Å². The minimum absolute atomic E-state index is 0.521. The summed E-state index contributed by atoms with van der Waals surface area (Å²) in [6.07, 6.45) is 1.39. The molecule has 1 N–H and O–H groups in total. The third kappa shape index (κ3) is 2.56. The Balaban J connectivity index is 3.06. The second-order valence-electron chi connectivity index (χ2n) is 2.28. The van der Waals surface area contributed by atoms with Crippen molar-refractivity contribution in [3.63, 3.8) is 0 Å². The predicted molar refractivity (Wildman–Crippen MR) is 57.2 cm³/mol. The summed E-state index contributed by atoms with van der Waals surface area (Å²) < 4.78 is 0.864. The zero-order valence-electron chi connectivity index (χ0n) is 6.78. The first-order chi connectivity index (χ1) is 5.63. The Labute approximate surface area is 89.1 Å². The van der Waals surface area contributed by atoms with Gasteiger partial charge in [-0.1, -0.05) is 11.8 Å². The Bertz CT molecular complexity index is 280. The smallest absolute Gasteiger partial charge is 0.188 e. The van der Waals surface area contributed by atoms with Gasteiger partial charge in [0.25, 0.3) is 0 Å². The monoisotopic (exact) mass is 296 g/mol. The molecule has 1 unspecified atom stereocenters. The van der Waals surface area contributed by atoms with Crippen LogP contribution >= 0.6 is 34.4 Å². The molecule has 0 bridgehead atoms. The summed E-state index contributed by atoms with van der Waals surface area (Å²) in [5.74, 6) is 0. The maximum Gasteiger partial charge on any atom is 0.188 e. The van der Waals surface area contributed by atoms with Gasteiger partial charge in [-0.3, -0.25) is 0 Å². The standard InChI is InChI=1S/C7H9IN2OS/c1-4(11)5-3-6(8)10-7(9-5)12-2/h3-4,11H,1-2H3. The van der Waals surface area contributed by atoms with E-state index < -0.39 is 6.10 Å². The van der Waals surface area contributed by atoms with Gasteiger partial charge in [-0.05, 0) is 41.8 Å². The van der Waals surface area contributed by atoms with Crippen molar-refractivity contribution in [2.75, 3.05) is 6.26 Å². The Morgan fingerprint density at radius 2 is 2.25 bits per heavy atom. The summed E-state index contributed by atoms with van der Waals surface area (Å²) in [7, 11) is 0. The fourth-order valence-corrected chi connectivity index (χ4v) is 1.82. The highest BCUT2D eigenvalue weighted by atomic mass is 127. The van der Waals surface area contributed by atoms with E-state index in [1.807, 2.05) is 6.26 Å². The number of aliphatic hydroxyl groups is 1. The Morgan fingerprint density at radius 1 is 1.58 bits per heavy atom. The van der Waals surface area contributed by atoms with E-state index in [1.165, 1.54) is 11.8 Å². The molecule has 0 aliphatic heterocycles. The highest BCUT2D eigenvalue weighted by Gasteiger charge is 2.06. The van der Waals surface area contributed by atoms with E-state index in [4.69, 9.17) is 0 Å². The van der Waals surface area contributed by atoms with Crippen LogP contribution in [0.1, 0.15) is 18.7 Å². The Hall–Kier alpha value is 0.120. The lowest BCUT2D eigenvalue weighted by Crippen LogP contribution is -1.99. The summed E-state index contributed by atoms with van der Waals surface area (Å²) >= 11 is 3.59. The van der Waals surface area contributed by atoms with Crippen molar-refractivity contribution in [3.8, 4) is 0 Å². The molecule has 5 heteroatoms. The van der Waals surface area contributed by atoms with E-state index in [2.05, 4.69) is 32.6 Å². The van der Waals surface area contributed by atoms with Crippen molar-refractivity contribution in [1.29, 1.82) is 0 Å².